The first-order valence-electron chi connectivity index (χ1n) is 6.93. The second kappa shape index (κ2) is 6.47. The summed E-state index contributed by atoms with van der Waals surface area (Å²) >= 11 is 0. The molecule has 6 nitrogen and oxygen atoms in total. The highest BCUT2D eigenvalue weighted by atomic mass is 16.6. The third-order valence-electron chi connectivity index (χ3n) is 2.85. The zero-order valence-corrected chi connectivity index (χ0v) is 12.3. The van der Waals surface area contributed by atoms with Gasteiger partial charge in [0.15, 0.2) is 12.7 Å². The highest BCUT2D eigenvalue weighted by Gasteiger charge is 2.22. The first kappa shape index (κ1) is 15.2. The number of fused-ring (bicyclic) bond motifs is 1. The van der Waals surface area contributed by atoms with E-state index in [-0.39, 0.29) is 18.6 Å². The van der Waals surface area contributed by atoms with Crippen molar-refractivity contribution in [2.24, 2.45) is 0 Å². The lowest BCUT2D eigenvalue weighted by Gasteiger charge is -2.21. The van der Waals surface area contributed by atoms with Crippen molar-refractivity contribution >= 4 is 17.6 Å². The Kier molecular flexibility index (Phi) is 4.67. The molecule has 0 aliphatic carbocycles. The van der Waals surface area contributed by atoms with Crippen LogP contribution in [0.2, 0.25) is 0 Å². The van der Waals surface area contributed by atoms with Crippen LogP contribution < -0.4 is 14.8 Å². The zero-order chi connectivity index (χ0) is 15.4. The number of rotatable bonds is 5. The smallest absolute Gasteiger partial charge is 0.347 e. The van der Waals surface area contributed by atoms with E-state index in [1.807, 2.05) is 6.92 Å². The lowest BCUT2D eigenvalue weighted by atomic mass is 10.2. The van der Waals surface area contributed by atoms with Gasteiger partial charge in [-0.1, -0.05) is 6.92 Å². The number of amides is 1. The van der Waals surface area contributed by atoms with Crippen LogP contribution in [0, 0.1) is 0 Å². The third-order valence-corrected chi connectivity index (χ3v) is 2.85. The SMILES string of the molecule is CCC(Oc1ccc2c(c1)NC(=O)CO2)C(=O)OC(C)C. The van der Waals surface area contributed by atoms with E-state index in [0.717, 1.165) is 0 Å². The van der Waals surface area contributed by atoms with E-state index in [4.69, 9.17) is 14.2 Å². The van der Waals surface area contributed by atoms with Gasteiger partial charge >= 0.3 is 5.97 Å². The van der Waals surface area contributed by atoms with Crippen LogP contribution in [-0.4, -0.2) is 30.7 Å². The highest BCUT2D eigenvalue weighted by Crippen LogP contribution is 2.32. The maximum Gasteiger partial charge on any atom is 0.347 e. The normalized spacial score (nSPS) is 14.8. The molecule has 1 amide bonds. The fourth-order valence-corrected chi connectivity index (χ4v) is 1.91. The zero-order valence-electron chi connectivity index (χ0n) is 12.3. The molecule has 1 aliphatic heterocycles. The minimum absolute atomic E-state index is 0.00546. The Hall–Kier alpha value is -2.24. The van der Waals surface area contributed by atoms with Gasteiger partial charge in [-0.15, -0.1) is 0 Å². The third kappa shape index (κ3) is 3.87. The average Bonchev–Trinajstić information content (AvgIpc) is 2.43. The van der Waals surface area contributed by atoms with Crippen LogP contribution >= 0.6 is 0 Å². The summed E-state index contributed by atoms with van der Waals surface area (Å²) in [5, 5.41) is 2.69. The minimum Gasteiger partial charge on any atom is -0.482 e. The number of hydrogen-bond donors (Lipinski definition) is 1. The molecule has 1 unspecified atom stereocenters. The summed E-state index contributed by atoms with van der Waals surface area (Å²) in [4.78, 5) is 23.2. The Labute approximate surface area is 123 Å². The Balaban J connectivity index is 2.09. The van der Waals surface area contributed by atoms with Crippen molar-refractivity contribution in [3.8, 4) is 11.5 Å². The number of carbonyl (C=O) groups excluding carboxylic acids is 2. The molecule has 1 aromatic rings. The molecule has 0 saturated carbocycles. The fraction of sp³-hybridized carbons (Fsp3) is 0.467. The van der Waals surface area contributed by atoms with E-state index in [2.05, 4.69) is 5.32 Å². The van der Waals surface area contributed by atoms with E-state index < -0.39 is 12.1 Å². The van der Waals surface area contributed by atoms with Gasteiger partial charge in [0, 0.05) is 6.07 Å². The lowest BCUT2D eigenvalue weighted by Crippen LogP contribution is -2.30. The maximum atomic E-state index is 11.9. The quantitative estimate of drug-likeness (QED) is 0.842. The Morgan fingerprint density at radius 3 is 2.86 bits per heavy atom. The molecule has 1 atom stereocenters. The lowest BCUT2D eigenvalue weighted by molar-refractivity contribution is -0.156. The van der Waals surface area contributed by atoms with Crippen molar-refractivity contribution < 1.29 is 23.8 Å². The van der Waals surface area contributed by atoms with Crippen LogP contribution in [0.25, 0.3) is 0 Å². The van der Waals surface area contributed by atoms with Gasteiger partial charge in [-0.3, -0.25) is 4.79 Å². The fourth-order valence-electron chi connectivity index (χ4n) is 1.91. The van der Waals surface area contributed by atoms with Crippen LogP contribution in [0.15, 0.2) is 18.2 Å². The summed E-state index contributed by atoms with van der Waals surface area (Å²) in [6, 6.07) is 5.03. The summed E-state index contributed by atoms with van der Waals surface area (Å²) < 4.78 is 16.1. The van der Waals surface area contributed by atoms with Crippen LogP contribution in [0.5, 0.6) is 11.5 Å². The van der Waals surface area contributed by atoms with Crippen molar-refractivity contribution in [1.29, 1.82) is 0 Å². The van der Waals surface area contributed by atoms with Crippen molar-refractivity contribution in [2.45, 2.75) is 39.4 Å². The highest BCUT2D eigenvalue weighted by molar-refractivity contribution is 5.95. The monoisotopic (exact) mass is 293 g/mol. The van der Waals surface area contributed by atoms with Gasteiger partial charge in [0.05, 0.1) is 11.8 Å². The number of anilines is 1. The van der Waals surface area contributed by atoms with Crippen molar-refractivity contribution in [3.63, 3.8) is 0 Å². The topological polar surface area (TPSA) is 73.9 Å². The predicted molar refractivity (Wildman–Crippen MR) is 76.5 cm³/mol. The van der Waals surface area contributed by atoms with Crippen LogP contribution in [0.4, 0.5) is 5.69 Å². The standard InChI is InChI=1S/C15H19NO5/c1-4-12(15(18)20-9(2)3)21-10-5-6-13-11(7-10)16-14(17)8-19-13/h5-7,9,12H,4,8H2,1-3H3,(H,16,17). The molecule has 1 aliphatic rings. The second-order valence-corrected chi connectivity index (χ2v) is 5.00. The van der Waals surface area contributed by atoms with E-state index in [0.29, 0.717) is 23.6 Å². The Morgan fingerprint density at radius 2 is 2.19 bits per heavy atom. The maximum absolute atomic E-state index is 11.9. The van der Waals surface area contributed by atoms with Crippen LogP contribution in [0.3, 0.4) is 0 Å². The average molecular weight is 293 g/mol. The number of esters is 1. The predicted octanol–water partition coefficient (Wildman–Crippen LogP) is 2.13. The van der Waals surface area contributed by atoms with Gasteiger partial charge in [-0.05, 0) is 32.4 Å². The minimum atomic E-state index is -0.675. The molecule has 0 spiro atoms. The summed E-state index contributed by atoms with van der Waals surface area (Å²) in [7, 11) is 0. The van der Waals surface area contributed by atoms with E-state index in [1.54, 1.807) is 32.0 Å². The molecule has 1 N–H and O–H groups in total. The summed E-state index contributed by atoms with van der Waals surface area (Å²) in [6.45, 7) is 5.42. The van der Waals surface area contributed by atoms with Gasteiger partial charge < -0.3 is 19.5 Å². The van der Waals surface area contributed by atoms with Gasteiger partial charge in [-0.25, -0.2) is 4.79 Å². The van der Waals surface area contributed by atoms with Crippen LogP contribution in [-0.2, 0) is 14.3 Å². The molecule has 2 rings (SSSR count). The molecule has 0 saturated heterocycles. The van der Waals surface area contributed by atoms with E-state index >= 15 is 0 Å². The first-order chi connectivity index (χ1) is 9.99. The van der Waals surface area contributed by atoms with Crippen molar-refractivity contribution in [2.75, 3.05) is 11.9 Å². The van der Waals surface area contributed by atoms with Crippen LogP contribution in [0.1, 0.15) is 27.2 Å². The second-order valence-electron chi connectivity index (χ2n) is 5.00. The molecule has 1 aromatic carbocycles. The molecular formula is C15H19NO5. The largest absolute Gasteiger partial charge is 0.482 e. The van der Waals surface area contributed by atoms with Crippen molar-refractivity contribution in [3.05, 3.63) is 18.2 Å². The van der Waals surface area contributed by atoms with E-state index in [9.17, 15) is 9.59 Å². The number of carbonyl (C=O) groups is 2. The molecule has 0 radical (unpaired) electrons. The summed E-state index contributed by atoms with van der Waals surface area (Å²) in [5.41, 5.74) is 0.538. The Bertz CT molecular complexity index is 541. The first-order valence-corrected chi connectivity index (χ1v) is 6.93. The molecule has 0 aromatic heterocycles. The number of benzene rings is 1. The van der Waals surface area contributed by atoms with Gasteiger partial charge in [0.2, 0.25) is 0 Å². The molecular weight excluding hydrogens is 274 g/mol. The van der Waals surface area contributed by atoms with Gasteiger partial charge in [-0.2, -0.15) is 0 Å². The molecule has 6 heteroatoms. The number of hydrogen-bond acceptors (Lipinski definition) is 5. The van der Waals surface area contributed by atoms with Gasteiger partial charge in [0.1, 0.15) is 11.5 Å². The van der Waals surface area contributed by atoms with Gasteiger partial charge in [0.25, 0.3) is 5.91 Å². The summed E-state index contributed by atoms with van der Waals surface area (Å²) in [5.74, 6) is 0.447. The number of nitrogens with one attached hydrogen (secondary N) is 1. The molecule has 0 bridgehead atoms. The molecule has 1 heterocycles. The number of ether oxygens (including phenoxy) is 3. The van der Waals surface area contributed by atoms with E-state index in [1.165, 1.54) is 0 Å². The molecule has 21 heavy (non-hydrogen) atoms. The molecule has 114 valence electrons. The van der Waals surface area contributed by atoms with Crippen molar-refractivity contribution in [1.82, 2.24) is 0 Å². The summed E-state index contributed by atoms with van der Waals surface area (Å²) in [6.07, 6.45) is -0.372. The Morgan fingerprint density at radius 1 is 1.43 bits per heavy atom. The molecule has 0 fully saturated rings.